The van der Waals surface area contributed by atoms with E-state index in [-0.39, 0.29) is 0 Å². The summed E-state index contributed by atoms with van der Waals surface area (Å²) in [5, 5.41) is 0. The molecule has 4 unspecified atom stereocenters. The van der Waals surface area contributed by atoms with Gasteiger partial charge in [-0.15, -0.1) is 0 Å². The molecule has 6 fully saturated rings. The predicted molar refractivity (Wildman–Crippen MR) is 267 cm³/mol. The van der Waals surface area contributed by atoms with Crippen molar-refractivity contribution in [2.24, 2.45) is 5.92 Å². The molecule has 356 valence electrons. The highest BCUT2D eigenvalue weighted by atomic mass is 28.6. The summed E-state index contributed by atoms with van der Waals surface area (Å²) in [6.07, 6.45) is 0. The van der Waals surface area contributed by atoms with Gasteiger partial charge in [0.2, 0.25) is 0 Å². The van der Waals surface area contributed by atoms with Gasteiger partial charge in [-0.1, -0.05) is 33.1 Å². The first-order valence-electron chi connectivity index (χ1n) is 21.0. The van der Waals surface area contributed by atoms with Crippen molar-refractivity contribution < 1.29 is 70.3 Å². The van der Waals surface area contributed by atoms with Crippen LogP contribution < -0.4 is 0 Å². The van der Waals surface area contributed by atoms with Gasteiger partial charge in [0.15, 0.2) is 16.6 Å². The Hall–Kier alpha value is 2.57. The van der Waals surface area contributed by atoms with Crippen LogP contribution >= 0.6 is 0 Å². The first-order chi connectivity index (χ1) is 26.3. The summed E-state index contributed by atoms with van der Waals surface area (Å²) >= 11 is 0. The fraction of sp³-hybridized carbons (Fsp3) is 1.00. The molecule has 6 bridgehead atoms. The third-order valence-electron chi connectivity index (χ3n) is 8.37. The molecule has 0 aromatic carbocycles. The molecule has 6 heterocycles. The average Bonchev–Trinajstić information content (AvgIpc) is 2.81. The maximum Gasteiger partial charge on any atom is 0.475 e. The van der Waals surface area contributed by atoms with Gasteiger partial charge in [-0.2, -0.15) is 0 Å². The largest absolute Gasteiger partial charge is 0.475 e. The van der Waals surface area contributed by atoms with Gasteiger partial charge in [-0.25, -0.2) is 0 Å². The molecule has 4 atom stereocenters. The molecule has 0 radical (unpaired) electrons. The zero-order chi connectivity index (χ0) is 46.7. The summed E-state index contributed by atoms with van der Waals surface area (Å²) in [4.78, 5) is 0. The van der Waals surface area contributed by atoms with Gasteiger partial charge in [0, 0.05) is 54.5 Å². The molecule has 6 aliphatic heterocycles. The first kappa shape index (κ1) is 56.9. The first-order valence-corrected chi connectivity index (χ1v) is 59.3. The fourth-order valence-corrected chi connectivity index (χ4v) is 79.5. The van der Waals surface area contributed by atoms with Crippen LogP contribution in [0.3, 0.4) is 0 Å². The van der Waals surface area contributed by atoms with Crippen LogP contribution in [0.5, 0.6) is 0 Å². The molecule has 0 aromatic heterocycles. The van der Waals surface area contributed by atoms with Gasteiger partial charge >= 0.3 is 106 Å². The zero-order valence-electron chi connectivity index (χ0n) is 41.6. The molecule has 6 aliphatic rings. The number of hydrogen-bond donors (Lipinski definition) is 0. The van der Waals surface area contributed by atoms with Crippen molar-refractivity contribution >= 4 is 131 Å². The molecule has 32 heteroatoms. The van der Waals surface area contributed by atoms with E-state index in [1.165, 1.54) is 19.2 Å². The van der Waals surface area contributed by atoms with E-state index in [2.05, 4.69) is 112 Å². The third kappa shape index (κ3) is 18.9. The van der Waals surface area contributed by atoms with E-state index in [0.29, 0.717) is 0 Å². The van der Waals surface area contributed by atoms with Crippen LogP contribution in [0.2, 0.25) is 163 Å². The normalized spacial score (nSPS) is 42.8. The summed E-state index contributed by atoms with van der Waals surface area (Å²) in [5.74, 6) is 0.923. The Labute approximate surface area is 380 Å². The second-order valence-electron chi connectivity index (χ2n) is 21.6. The van der Waals surface area contributed by atoms with E-state index < -0.39 is 131 Å². The highest BCUT2D eigenvalue weighted by Crippen LogP contribution is 2.42. The Kier molecular flexibility index (Phi) is 18.2. The van der Waals surface area contributed by atoms with Crippen molar-refractivity contribution in [3.05, 3.63) is 0 Å². The minimum atomic E-state index is -3.39. The third-order valence-corrected chi connectivity index (χ3v) is 64.1. The van der Waals surface area contributed by atoms with Crippen LogP contribution in [0, 0.1) is 5.92 Å². The standard InChI is InChI=1S/C8H26O12Si8.C8H24O4Si4.C8H20OSi2.C4H12Si/c1-9-22-12-25(5)14-23(3)10-21(2)11-24(4)15-26(6,13-22)19-28(8,18-25)20-27(7,16-23)17-24;1-13(2)9-14(3,4)11-16(7,8)12-15(5,6)10-13;1-8-6-10(2,3)9-11(4,5)7-8;1-5(2,3)4/h21-22H,1-8H3;1-8H3;8H,6-7H2,1-5H3;1-4H3. The molecular weight excluding hydrogens is 1030 g/mol. The summed E-state index contributed by atoms with van der Waals surface area (Å²) in [6.45, 7) is 50.1. The molecule has 0 saturated carbocycles. The van der Waals surface area contributed by atoms with Crippen LogP contribution in [0.25, 0.3) is 0 Å². The van der Waals surface area contributed by atoms with E-state index in [9.17, 15) is 0 Å². The van der Waals surface area contributed by atoms with Crippen molar-refractivity contribution in [2.45, 2.75) is 170 Å². The SMILES string of the molecule is CC1C[Si](C)(C)O[Si](C)(C)C1.CO[SiH]1O[Si]2(C)O[Si]3(C)O[SiH](C)O[Si]4(C)O[Si](C)(O1)O[Si](C)(O2)O[Si](C)(O3)O4.C[Si](C)(C)C.C[Si]1(C)O[Si](C)(C)O[Si](C)(C)O[Si](C)(C)O1. The van der Waals surface area contributed by atoms with E-state index >= 15 is 0 Å². The van der Waals surface area contributed by atoms with Gasteiger partial charge in [-0.3, -0.25) is 0 Å². The fourth-order valence-electron chi connectivity index (χ4n) is 8.89. The zero-order valence-corrected chi connectivity index (χ0v) is 56.9. The van der Waals surface area contributed by atoms with E-state index in [1.807, 2.05) is 6.55 Å². The molecule has 60 heavy (non-hydrogen) atoms. The minimum absolute atomic E-state index is 0.611. The summed E-state index contributed by atoms with van der Waals surface area (Å²) in [6, 6.07) is 2.73. The molecule has 6 saturated heterocycles. The van der Waals surface area contributed by atoms with Gasteiger partial charge in [0.1, 0.15) is 0 Å². The molecule has 6 rings (SSSR count). The van der Waals surface area contributed by atoms with Crippen LogP contribution in [-0.2, 0) is 70.3 Å². The van der Waals surface area contributed by atoms with Gasteiger partial charge in [0.25, 0.3) is 0 Å². The molecule has 0 aromatic rings. The van der Waals surface area contributed by atoms with Crippen molar-refractivity contribution in [1.82, 2.24) is 0 Å². The second kappa shape index (κ2) is 19.2. The summed E-state index contributed by atoms with van der Waals surface area (Å²) in [5.41, 5.74) is 0. The monoisotopic (exact) mass is 1110 g/mol. The van der Waals surface area contributed by atoms with Crippen LogP contribution in [0.1, 0.15) is 6.92 Å². The van der Waals surface area contributed by atoms with Crippen molar-refractivity contribution in [2.75, 3.05) is 7.11 Å². The molecule has 0 N–H and O–H groups in total. The summed E-state index contributed by atoms with van der Waals surface area (Å²) in [7, 11) is -35.1. The number of fused-ring (bicyclic) bond motifs is 4. The Morgan fingerprint density at radius 3 is 0.883 bits per heavy atom. The lowest BCUT2D eigenvalue weighted by Gasteiger charge is -2.55. The average molecular weight is 1110 g/mol. The van der Waals surface area contributed by atoms with E-state index in [1.54, 1.807) is 39.3 Å². The highest BCUT2D eigenvalue weighted by Gasteiger charge is 2.72. The molecule has 0 spiro atoms. The highest BCUT2D eigenvalue weighted by molar-refractivity contribution is 6.98. The topological polar surface area (TPSA) is 157 Å². The van der Waals surface area contributed by atoms with E-state index in [4.69, 9.17) is 70.3 Å². The van der Waals surface area contributed by atoms with Crippen LogP contribution in [0.15, 0.2) is 0 Å². The Morgan fingerprint density at radius 1 is 0.400 bits per heavy atom. The lowest BCUT2D eigenvalue weighted by Crippen LogP contribution is -2.80. The van der Waals surface area contributed by atoms with Gasteiger partial charge in [0.05, 0.1) is 0 Å². The Balaban J connectivity index is 0.000000253. The molecule has 0 aliphatic carbocycles. The summed E-state index contributed by atoms with van der Waals surface area (Å²) < 4.78 is 106. The Morgan fingerprint density at radius 2 is 0.633 bits per heavy atom. The smallest absolute Gasteiger partial charge is 0.455 e. The van der Waals surface area contributed by atoms with Crippen LogP contribution in [0.4, 0.5) is 0 Å². The van der Waals surface area contributed by atoms with Crippen molar-refractivity contribution in [3.8, 4) is 0 Å². The Bertz CT molecular complexity index is 1340. The quantitative estimate of drug-likeness (QED) is 0.235. The lowest BCUT2D eigenvalue weighted by atomic mass is 10.3. The second-order valence-corrected chi connectivity index (χ2v) is 72.8. The molecular formula is C28H82O17Si15. The number of rotatable bonds is 1. The maximum atomic E-state index is 6.38. The van der Waals surface area contributed by atoms with Gasteiger partial charge < -0.3 is 70.3 Å². The van der Waals surface area contributed by atoms with Gasteiger partial charge in [-0.05, 0) is 103 Å². The minimum Gasteiger partial charge on any atom is -0.455 e. The number of hydrogen-bond acceptors (Lipinski definition) is 17. The lowest BCUT2D eigenvalue weighted by molar-refractivity contribution is 0.0161. The van der Waals surface area contributed by atoms with Crippen molar-refractivity contribution in [3.63, 3.8) is 0 Å². The van der Waals surface area contributed by atoms with E-state index in [0.717, 1.165) is 5.92 Å². The predicted octanol–water partition coefficient (Wildman–Crippen LogP) is 7.74. The van der Waals surface area contributed by atoms with Crippen molar-refractivity contribution in [1.29, 1.82) is 0 Å². The van der Waals surface area contributed by atoms with Crippen LogP contribution in [-0.4, -0.2) is 138 Å². The molecule has 17 nitrogen and oxygen atoms in total. The molecule has 0 amide bonds. The maximum absolute atomic E-state index is 6.38.